The molecule has 1 unspecified atom stereocenters. The Morgan fingerprint density at radius 2 is 2.03 bits per heavy atom. The van der Waals surface area contributed by atoms with Crippen LogP contribution in [0.15, 0.2) is 48.5 Å². The number of nitro benzene ring substituents is 1. The summed E-state index contributed by atoms with van der Waals surface area (Å²) in [6.07, 6.45) is 0.236. The fraction of sp³-hybridized carbons (Fsp3) is 0.348. The van der Waals surface area contributed by atoms with Crippen LogP contribution in [0, 0.1) is 17.0 Å². The van der Waals surface area contributed by atoms with E-state index in [0.717, 1.165) is 31.8 Å². The lowest BCUT2D eigenvalue weighted by molar-refractivity contribution is -0.384. The maximum absolute atomic E-state index is 12.7. The Bertz CT molecular complexity index is 1160. The van der Waals surface area contributed by atoms with Gasteiger partial charge in [-0.2, -0.15) is 0 Å². The van der Waals surface area contributed by atoms with E-state index < -0.39 is 4.92 Å². The zero-order chi connectivity index (χ0) is 23.4. The van der Waals surface area contributed by atoms with E-state index in [1.165, 1.54) is 22.4 Å². The average molecular weight is 450 g/mol. The molecular weight excluding hydrogens is 424 g/mol. The summed E-state index contributed by atoms with van der Waals surface area (Å²) in [6.45, 7) is 7.53. The van der Waals surface area contributed by atoms with Gasteiger partial charge in [-0.05, 0) is 31.0 Å². The van der Waals surface area contributed by atoms with Crippen molar-refractivity contribution in [3.8, 4) is 5.69 Å². The number of carbonyl (C=O) groups excluding carboxylic acids is 1. The number of nitrogens with zero attached hydrogens (tertiary/aromatic N) is 5. The first-order chi connectivity index (χ1) is 15.9. The van der Waals surface area contributed by atoms with E-state index in [1.807, 2.05) is 12.1 Å². The van der Waals surface area contributed by atoms with Crippen LogP contribution in [0.3, 0.4) is 0 Å². The van der Waals surface area contributed by atoms with Crippen LogP contribution in [-0.2, 0) is 17.8 Å². The van der Waals surface area contributed by atoms with Crippen molar-refractivity contribution in [2.75, 3.05) is 19.7 Å². The highest BCUT2D eigenvalue weighted by Gasteiger charge is 2.19. The summed E-state index contributed by atoms with van der Waals surface area (Å²) < 4.78 is 7.02. The fourth-order valence-corrected chi connectivity index (χ4v) is 3.92. The normalized spacial score (nSPS) is 16.5. The fourth-order valence-electron chi connectivity index (χ4n) is 3.92. The highest BCUT2D eigenvalue weighted by molar-refractivity contribution is 5.93. The lowest BCUT2D eigenvalue weighted by Crippen LogP contribution is -2.40. The number of aromatic nitrogens is 3. The Morgan fingerprint density at radius 1 is 1.24 bits per heavy atom. The Labute approximate surface area is 191 Å². The van der Waals surface area contributed by atoms with E-state index in [2.05, 4.69) is 39.6 Å². The Hall–Kier alpha value is -3.63. The maximum atomic E-state index is 12.7. The monoisotopic (exact) mass is 450 g/mol. The zero-order valence-corrected chi connectivity index (χ0v) is 18.6. The van der Waals surface area contributed by atoms with Crippen molar-refractivity contribution < 1.29 is 14.5 Å². The molecule has 1 aliphatic heterocycles. The molecule has 2 heterocycles. The van der Waals surface area contributed by atoms with Gasteiger partial charge < -0.3 is 10.1 Å². The van der Waals surface area contributed by atoms with Gasteiger partial charge in [0.2, 0.25) is 0 Å². The van der Waals surface area contributed by atoms with Crippen LogP contribution in [0.25, 0.3) is 5.69 Å². The number of rotatable bonds is 7. The standard InChI is InChI=1S/C23H26N6O4/c1-16-14-27(9-10-33-16)15-19-6-3-5-18(11-19)13-24-23(30)22-17(2)28(26-25-22)20-7-4-8-21(12-20)29(31)32/h3-8,11-12,16H,9-10,13-15H2,1-2H3,(H,24,30). The van der Waals surface area contributed by atoms with E-state index in [1.54, 1.807) is 19.1 Å². The van der Waals surface area contributed by atoms with Crippen LogP contribution >= 0.6 is 0 Å². The van der Waals surface area contributed by atoms with Crippen molar-refractivity contribution in [3.05, 3.63) is 81.2 Å². The van der Waals surface area contributed by atoms with Crippen molar-refractivity contribution in [2.45, 2.75) is 33.0 Å². The third kappa shape index (κ3) is 5.41. The van der Waals surface area contributed by atoms with Crippen molar-refractivity contribution in [1.29, 1.82) is 0 Å². The van der Waals surface area contributed by atoms with Crippen molar-refractivity contribution in [2.24, 2.45) is 0 Å². The summed E-state index contributed by atoms with van der Waals surface area (Å²) in [7, 11) is 0. The van der Waals surface area contributed by atoms with Crippen LogP contribution in [-0.4, -0.2) is 56.5 Å². The van der Waals surface area contributed by atoms with Crippen LogP contribution in [0.2, 0.25) is 0 Å². The van der Waals surface area contributed by atoms with Gasteiger partial charge in [0.05, 0.1) is 29.0 Å². The molecule has 1 aromatic heterocycles. The molecule has 2 aromatic carbocycles. The molecule has 3 aromatic rings. The summed E-state index contributed by atoms with van der Waals surface area (Å²) in [5.74, 6) is -0.350. The molecule has 1 aliphatic rings. The number of amides is 1. The van der Waals surface area contributed by atoms with Gasteiger partial charge in [-0.25, -0.2) is 4.68 Å². The lowest BCUT2D eigenvalue weighted by Gasteiger charge is -2.31. The zero-order valence-electron chi connectivity index (χ0n) is 18.6. The predicted octanol–water partition coefficient (Wildman–Crippen LogP) is 2.63. The van der Waals surface area contributed by atoms with Gasteiger partial charge in [-0.15, -0.1) is 5.10 Å². The Balaban J connectivity index is 1.40. The molecule has 1 fully saturated rings. The first-order valence-corrected chi connectivity index (χ1v) is 10.8. The number of carbonyl (C=O) groups is 1. The third-order valence-corrected chi connectivity index (χ3v) is 5.57. The van der Waals surface area contributed by atoms with E-state index >= 15 is 0 Å². The molecule has 1 amide bonds. The molecule has 0 radical (unpaired) electrons. The SMILES string of the molecule is Cc1c(C(=O)NCc2cccc(CN3CCOC(C)C3)c2)nnn1-c1cccc([N+](=O)[O-])c1. The quantitative estimate of drug-likeness (QED) is 0.435. The molecule has 4 rings (SSSR count). The number of morpholine rings is 1. The highest BCUT2D eigenvalue weighted by atomic mass is 16.6. The molecule has 172 valence electrons. The van der Waals surface area contributed by atoms with Crippen molar-refractivity contribution in [3.63, 3.8) is 0 Å². The topological polar surface area (TPSA) is 115 Å². The lowest BCUT2D eigenvalue weighted by atomic mass is 10.1. The van der Waals surface area contributed by atoms with Crippen LogP contribution < -0.4 is 5.32 Å². The van der Waals surface area contributed by atoms with Gasteiger partial charge in [0, 0.05) is 38.3 Å². The molecular formula is C23H26N6O4. The minimum Gasteiger partial charge on any atom is -0.376 e. The number of non-ortho nitro benzene ring substituents is 1. The first-order valence-electron chi connectivity index (χ1n) is 10.8. The summed E-state index contributed by atoms with van der Waals surface area (Å²) >= 11 is 0. The molecule has 0 aliphatic carbocycles. The number of nitro groups is 1. The third-order valence-electron chi connectivity index (χ3n) is 5.57. The second kappa shape index (κ2) is 9.88. The number of hydrogen-bond donors (Lipinski definition) is 1. The average Bonchev–Trinajstić information content (AvgIpc) is 3.19. The van der Waals surface area contributed by atoms with Crippen LogP contribution in [0.5, 0.6) is 0 Å². The predicted molar refractivity (Wildman–Crippen MR) is 121 cm³/mol. The largest absolute Gasteiger partial charge is 0.376 e. The summed E-state index contributed by atoms with van der Waals surface area (Å²) in [4.78, 5) is 25.7. The molecule has 10 nitrogen and oxygen atoms in total. The summed E-state index contributed by atoms with van der Waals surface area (Å²) in [5, 5.41) is 21.9. The molecule has 0 saturated carbocycles. The number of nitrogens with one attached hydrogen (secondary N) is 1. The highest BCUT2D eigenvalue weighted by Crippen LogP contribution is 2.18. The van der Waals surface area contributed by atoms with Gasteiger partial charge in [0.15, 0.2) is 5.69 Å². The summed E-state index contributed by atoms with van der Waals surface area (Å²) in [5.41, 5.74) is 3.27. The number of benzene rings is 2. The molecule has 1 N–H and O–H groups in total. The Kier molecular flexibility index (Phi) is 6.76. The van der Waals surface area contributed by atoms with Gasteiger partial charge in [-0.3, -0.25) is 19.8 Å². The van der Waals surface area contributed by atoms with E-state index in [9.17, 15) is 14.9 Å². The Morgan fingerprint density at radius 3 is 2.82 bits per heavy atom. The second-order valence-corrected chi connectivity index (χ2v) is 8.13. The molecule has 10 heteroatoms. The molecule has 1 atom stereocenters. The van der Waals surface area contributed by atoms with E-state index in [4.69, 9.17) is 4.74 Å². The van der Waals surface area contributed by atoms with E-state index in [-0.39, 0.29) is 23.4 Å². The van der Waals surface area contributed by atoms with Crippen LogP contribution in [0.4, 0.5) is 5.69 Å². The second-order valence-electron chi connectivity index (χ2n) is 8.13. The van der Waals surface area contributed by atoms with Gasteiger partial charge in [0.1, 0.15) is 0 Å². The first kappa shape index (κ1) is 22.6. The number of ether oxygens (including phenoxy) is 1. The minimum absolute atomic E-state index is 0.0557. The molecule has 0 spiro atoms. The molecule has 1 saturated heterocycles. The van der Waals surface area contributed by atoms with Crippen LogP contribution in [0.1, 0.15) is 34.2 Å². The maximum Gasteiger partial charge on any atom is 0.274 e. The van der Waals surface area contributed by atoms with Gasteiger partial charge >= 0.3 is 0 Å². The minimum atomic E-state index is -0.475. The molecule has 0 bridgehead atoms. The van der Waals surface area contributed by atoms with Gasteiger partial charge in [0.25, 0.3) is 11.6 Å². The van der Waals surface area contributed by atoms with E-state index in [0.29, 0.717) is 17.9 Å². The van der Waals surface area contributed by atoms with Gasteiger partial charge in [-0.1, -0.05) is 35.5 Å². The van der Waals surface area contributed by atoms with Crippen molar-refractivity contribution in [1.82, 2.24) is 25.2 Å². The number of hydrogen-bond acceptors (Lipinski definition) is 7. The van der Waals surface area contributed by atoms with Crippen molar-refractivity contribution >= 4 is 11.6 Å². The summed E-state index contributed by atoms with van der Waals surface area (Å²) in [6, 6.07) is 14.2. The molecule has 33 heavy (non-hydrogen) atoms. The smallest absolute Gasteiger partial charge is 0.274 e.